The maximum Gasteiger partial charge on any atom is 0.0541 e. The van der Waals surface area contributed by atoms with Crippen molar-refractivity contribution in [2.45, 2.75) is 19.3 Å². The lowest BCUT2D eigenvalue weighted by Crippen LogP contribution is -2.16. The first kappa shape index (κ1) is 36.9. The number of rotatable bonds is 6. The molecule has 2 heterocycles. The Labute approximate surface area is 376 Å². The Morgan fingerprint density at radius 2 is 0.953 bits per heavy atom. The van der Waals surface area contributed by atoms with Crippen LogP contribution in [0, 0.1) is 0 Å². The smallest absolute Gasteiger partial charge is 0.0541 e. The zero-order valence-corrected chi connectivity index (χ0v) is 36.4. The Bertz CT molecular complexity index is 3810. The van der Waals surface area contributed by atoms with Crippen LogP contribution in [0.15, 0.2) is 218 Å². The van der Waals surface area contributed by atoms with Crippen LogP contribution < -0.4 is 4.90 Å². The van der Waals surface area contributed by atoms with E-state index in [1.807, 2.05) is 11.3 Å². The number of aromatic nitrogens is 1. The monoisotopic (exact) mass is 834 g/mol. The van der Waals surface area contributed by atoms with Crippen molar-refractivity contribution in [3.05, 3.63) is 230 Å². The van der Waals surface area contributed by atoms with Gasteiger partial charge in [-0.3, -0.25) is 0 Å². The quantitative estimate of drug-likeness (QED) is 0.162. The zero-order chi connectivity index (χ0) is 42.5. The van der Waals surface area contributed by atoms with Crippen molar-refractivity contribution in [2.24, 2.45) is 0 Å². The van der Waals surface area contributed by atoms with E-state index in [9.17, 15) is 0 Å². The largest absolute Gasteiger partial charge is 0.310 e. The molecule has 0 unspecified atom stereocenters. The molecule has 0 spiro atoms. The first-order valence-electron chi connectivity index (χ1n) is 22.2. The second kappa shape index (κ2) is 14.2. The summed E-state index contributed by atoms with van der Waals surface area (Å²) in [5.74, 6) is 0. The van der Waals surface area contributed by atoms with Gasteiger partial charge in [-0.2, -0.15) is 0 Å². The molecule has 0 aliphatic heterocycles. The van der Waals surface area contributed by atoms with Gasteiger partial charge in [-0.05, 0) is 140 Å². The minimum atomic E-state index is -0.109. The topological polar surface area (TPSA) is 8.17 Å². The predicted octanol–water partition coefficient (Wildman–Crippen LogP) is 17.4. The van der Waals surface area contributed by atoms with Gasteiger partial charge in [0, 0.05) is 59.1 Å². The maximum atomic E-state index is 2.42. The summed E-state index contributed by atoms with van der Waals surface area (Å²) in [4.78, 5) is 2.42. The van der Waals surface area contributed by atoms with E-state index >= 15 is 0 Å². The number of hydrogen-bond donors (Lipinski definition) is 0. The lowest BCUT2D eigenvalue weighted by Gasteiger charge is -2.28. The van der Waals surface area contributed by atoms with Crippen LogP contribution in [0.25, 0.3) is 91.8 Å². The minimum Gasteiger partial charge on any atom is -0.310 e. The van der Waals surface area contributed by atoms with E-state index in [2.05, 4.69) is 242 Å². The minimum absolute atomic E-state index is 0.109. The van der Waals surface area contributed by atoms with Crippen molar-refractivity contribution in [3.8, 4) is 39.1 Å². The first-order chi connectivity index (χ1) is 31.5. The summed E-state index contributed by atoms with van der Waals surface area (Å²) >= 11 is 1.86. The molecule has 1 aliphatic rings. The molecule has 0 radical (unpaired) electrons. The van der Waals surface area contributed by atoms with Gasteiger partial charge in [0.25, 0.3) is 0 Å². The van der Waals surface area contributed by atoms with Gasteiger partial charge in [0.1, 0.15) is 0 Å². The second-order valence-corrected chi connectivity index (χ2v) is 18.8. The van der Waals surface area contributed by atoms with Gasteiger partial charge in [0.05, 0.1) is 11.0 Å². The molecule has 3 heteroatoms. The van der Waals surface area contributed by atoms with Gasteiger partial charge in [0.2, 0.25) is 0 Å². The molecular formula is C61H42N2S. The van der Waals surface area contributed by atoms with Crippen LogP contribution >= 0.6 is 11.3 Å². The summed E-state index contributed by atoms with van der Waals surface area (Å²) in [6.07, 6.45) is 0. The van der Waals surface area contributed by atoms with Gasteiger partial charge < -0.3 is 9.47 Å². The van der Waals surface area contributed by atoms with Gasteiger partial charge in [-0.25, -0.2) is 0 Å². The van der Waals surface area contributed by atoms with Crippen LogP contribution in [0.1, 0.15) is 25.0 Å². The Hall–Kier alpha value is -7.72. The summed E-state index contributed by atoms with van der Waals surface area (Å²) in [5.41, 5.74) is 17.1. The van der Waals surface area contributed by atoms with Crippen molar-refractivity contribution in [2.75, 3.05) is 4.90 Å². The highest BCUT2D eigenvalue weighted by atomic mass is 32.1. The number of anilines is 3. The summed E-state index contributed by atoms with van der Waals surface area (Å²) in [6.45, 7) is 4.72. The van der Waals surface area contributed by atoms with Crippen LogP contribution in [-0.2, 0) is 5.41 Å². The van der Waals surface area contributed by atoms with Crippen LogP contribution in [0.4, 0.5) is 17.1 Å². The third-order valence-electron chi connectivity index (χ3n) is 13.8. The third kappa shape index (κ3) is 5.71. The van der Waals surface area contributed by atoms with Crippen LogP contribution in [0.5, 0.6) is 0 Å². The molecule has 2 aromatic heterocycles. The molecule has 0 N–H and O–H groups in total. The summed E-state index contributed by atoms with van der Waals surface area (Å²) in [5, 5.41) is 7.64. The van der Waals surface area contributed by atoms with Gasteiger partial charge in [0.15, 0.2) is 0 Å². The van der Waals surface area contributed by atoms with Crippen molar-refractivity contribution in [1.82, 2.24) is 4.57 Å². The Balaban J connectivity index is 0.901. The molecule has 2 nitrogen and oxygen atoms in total. The Morgan fingerprint density at radius 1 is 0.375 bits per heavy atom. The van der Waals surface area contributed by atoms with E-state index in [-0.39, 0.29) is 5.41 Å². The molecule has 0 saturated heterocycles. The maximum absolute atomic E-state index is 2.42. The van der Waals surface area contributed by atoms with Crippen molar-refractivity contribution in [3.63, 3.8) is 0 Å². The van der Waals surface area contributed by atoms with E-state index in [4.69, 9.17) is 0 Å². The van der Waals surface area contributed by atoms with E-state index in [1.54, 1.807) is 0 Å². The van der Waals surface area contributed by atoms with E-state index < -0.39 is 0 Å². The standard InChI is InChI=1S/C61H42N2S/c1-61(2)55-16-8-5-13-49(55)50-32-31-48(38-56(50)61)62(46-28-21-41(22-29-46)44-25-34-60-54(37-44)52-15-7-10-18-59(52)64-60)45-26-19-40(20-27-45)43-24-33-58-53(36-43)51-14-6-9-17-57(51)63(58)47-30-23-39-11-3-4-12-42(39)35-47/h3-38H,1-2H3. The van der Waals surface area contributed by atoms with Crippen LogP contribution in [-0.4, -0.2) is 4.57 Å². The molecule has 0 bridgehead atoms. The van der Waals surface area contributed by atoms with E-state index in [0.717, 1.165) is 17.1 Å². The van der Waals surface area contributed by atoms with Gasteiger partial charge in [-0.1, -0.05) is 147 Å². The Kier molecular flexibility index (Phi) is 8.16. The highest BCUT2D eigenvalue weighted by molar-refractivity contribution is 7.25. The first-order valence-corrected chi connectivity index (χ1v) is 23.0. The van der Waals surface area contributed by atoms with Crippen molar-refractivity contribution in [1.29, 1.82) is 0 Å². The molecule has 13 rings (SSSR count). The zero-order valence-electron chi connectivity index (χ0n) is 35.6. The third-order valence-corrected chi connectivity index (χ3v) is 14.9. The van der Waals surface area contributed by atoms with Crippen LogP contribution in [0.3, 0.4) is 0 Å². The fourth-order valence-electron chi connectivity index (χ4n) is 10.5. The van der Waals surface area contributed by atoms with E-state index in [1.165, 1.54) is 103 Å². The molecule has 64 heavy (non-hydrogen) atoms. The number of nitrogens with zero attached hydrogens (tertiary/aromatic N) is 2. The molecule has 1 aliphatic carbocycles. The van der Waals surface area contributed by atoms with Crippen molar-refractivity contribution >= 4 is 81.1 Å². The highest BCUT2D eigenvalue weighted by Gasteiger charge is 2.35. The second-order valence-electron chi connectivity index (χ2n) is 17.8. The SMILES string of the molecule is CC1(C)c2ccccc2-c2ccc(N(c3ccc(-c4ccc5sc6ccccc6c5c4)cc3)c3ccc(-c4ccc5c(c4)c4ccccc4n5-c4ccc5ccccc5c4)cc3)cc21. The number of hydrogen-bond acceptors (Lipinski definition) is 2. The summed E-state index contributed by atoms with van der Waals surface area (Å²) < 4.78 is 5.06. The van der Waals surface area contributed by atoms with Crippen molar-refractivity contribution < 1.29 is 0 Å². The molecule has 12 aromatic rings. The molecule has 0 atom stereocenters. The highest BCUT2D eigenvalue weighted by Crippen LogP contribution is 2.51. The molecular weight excluding hydrogens is 793 g/mol. The van der Waals surface area contributed by atoms with Crippen LogP contribution in [0.2, 0.25) is 0 Å². The Morgan fingerprint density at radius 3 is 1.75 bits per heavy atom. The van der Waals surface area contributed by atoms with Gasteiger partial charge >= 0.3 is 0 Å². The lowest BCUT2D eigenvalue weighted by atomic mass is 9.82. The average Bonchev–Trinajstić information content (AvgIpc) is 3.96. The fourth-order valence-corrected chi connectivity index (χ4v) is 11.6. The fraction of sp³-hybridized carbons (Fsp3) is 0.0492. The normalized spacial score (nSPS) is 13.0. The summed E-state index contributed by atoms with van der Waals surface area (Å²) in [7, 11) is 0. The molecule has 0 amide bonds. The molecule has 0 saturated carbocycles. The van der Waals surface area contributed by atoms with Gasteiger partial charge in [-0.15, -0.1) is 11.3 Å². The predicted molar refractivity (Wildman–Crippen MR) is 274 cm³/mol. The average molecular weight is 835 g/mol. The lowest BCUT2D eigenvalue weighted by molar-refractivity contribution is 0.660. The molecule has 10 aromatic carbocycles. The molecule has 0 fully saturated rings. The molecule has 302 valence electrons. The number of thiophene rings is 1. The number of para-hydroxylation sites is 1. The number of fused-ring (bicyclic) bond motifs is 10. The van der Waals surface area contributed by atoms with E-state index in [0.29, 0.717) is 0 Å². The summed E-state index contributed by atoms with van der Waals surface area (Å²) in [6, 6.07) is 81.0. The number of benzene rings is 10.